The molecule has 2 N–H and O–H groups in total. The van der Waals surface area contributed by atoms with Crippen LogP contribution in [0.25, 0.3) is 10.4 Å². The molecule has 0 radical (unpaired) electrons. The van der Waals surface area contributed by atoms with Gasteiger partial charge in [0.05, 0.1) is 26.4 Å². The molecule has 1 heterocycles. The number of rotatable bonds is 7. The number of thiophene rings is 1. The molecule has 1 aromatic heterocycles. The molecule has 0 saturated carbocycles. The van der Waals surface area contributed by atoms with Crippen LogP contribution >= 0.6 is 23.6 Å². The summed E-state index contributed by atoms with van der Waals surface area (Å²) in [5.74, 6) is 0.810. The van der Waals surface area contributed by atoms with Gasteiger partial charge in [-0.3, -0.25) is 0 Å². The van der Waals surface area contributed by atoms with Gasteiger partial charge in [0.15, 0.2) is 16.6 Å². The van der Waals surface area contributed by atoms with Crippen molar-refractivity contribution in [3.63, 3.8) is 0 Å². The van der Waals surface area contributed by atoms with Crippen molar-refractivity contribution < 1.29 is 19.0 Å². The molecule has 3 rings (SSSR count). The van der Waals surface area contributed by atoms with E-state index in [0.29, 0.717) is 33.8 Å². The van der Waals surface area contributed by atoms with E-state index in [0.717, 1.165) is 16.1 Å². The van der Waals surface area contributed by atoms with Crippen molar-refractivity contribution in [2.24, 2.45) is 0 Å². The minimum absolute atomic E-state index is 0.295. The summed E-state index contributed by atoms with van der Waals surface area (Å²) in [7, 11) is 3.15. The Kier molecular flexibility index (Phi) is 7.26. The van der Waals surface area contributed by atoms with Crippen LogP contribution < -0.4 is 20.1 Å². The lowest BCUT2D eigenvalue weighted by Crippen LogP contribution is -2.20. The van der Waals surface area contributed by atoms with Gasteiger partial charge in [0.2, 0.25) is 0 Å². The fraction of sp³-hybridized carbons (Fsp3) is 0.182. The molecule has 3 aromatic rings. The van der Waals surface area contributed by atoms with E-state index in [-0.39, 0.29) is 0 Å². The van der Waals surface area contributed by atoms with Crippen molar-refractivity contribution in [1.82, 2.24) is 0 Å². The van der Waals surface area contributed by atoms with Crippen LogP contribution in [0.15, 0.2) is 54.6 Å². The predicted octanol–water partition coefficient (Wildman–Crippen LogP) is 5.42. The number of methoxy groups -OCH3 is 2. The van der Waals surface area contributed by atoms with Crippen molar-refractivity contribution in [3.05, 3.63) is 60.2 Å². The van der Waals surface area contributed by atoms with Gasteiger partial charge in [-0.25, -0.2) is 4.79 Å². The Balaban J connectivity index is 1.83. The lowest BCUT2D eigenvalue weighted by atomic mass is 10.1. The van der Waals surface area contributed by atoms with Gasteiger partial charge in [-0.1, -0.05) is 30.3 Å². The summed E-state index contributed by atoms with van der Waals surface area (Å²) in [6.45, 7) is 2.07. The molecule has 0 bridgehead atoms. The van der Waals surface area contributed by atoms with Gasteiger partial charge in [0.1, 0.15) is 5.00 Å². The molecule has 0 atom stereocenters. The molecule has 2 aromatic carbocycles. The van der Waals surface area contributed by atoms with Crippen LogP contribution in [-0.2, 0) is 4.74 Å². The van der Waals surface area contributed by atoms with E-state index in [1.54, 1.807) is 33.3 Å². The molecule has 0 spiro atoms. The quantitative estimate of drug-likeness (QED) is 0.374. The number of thiocarbonyl (C=S) groups is 1. The van der Waals surface area contributed by atoms with Crippen molar-refractivity contribution in [3.8, 4) is 21.9 Å². The predicted molar refractivity (Wildman–Crippen MR) is 125 cm³/mol. The van der Waals surface area contributed by atoms with Crippen LogP contribution in [0.5, 0.6) is 11.5 Å². The number of ether oxygens (including phenoxy) is 3. The standard InChI is InChI=1S/C22H22N2O4S2/c1-4-28-21(25)16-13-19(14-8-6-5-7-9-14)30-20(16)24-22(29)23-15-10-11-17(26-2)18(12-15)27-3/h5-13H,4H2,1-3H3,(H2,23,24,29). The first kappa shape index (κ1) is 21.6. The minimum atomic E-state index is -0.396. The number of benzene rings is 2. The monoisotopic (exact) mass is 442 g/mol. The second kappa shape index (κ2) is 10.1. The van der Waals surface area contributed by atoms with Crippen molar-refractivity contribution in [2.75, 3.05) is 31.5 Å². The van der Waals surface area contributed by atoms with Crippen LogP contribution in [0.4, 0.5) is 10.7 Å². The number of anilines is 2. The molecule has 0 aliphatic rings. The third-order valence-electron chi connectivity index (χ3n) is 4.15. The molecule has 0 aliphatic heterocycles. The van der Waals surface area contributed by atoms with Gasteiger partial charge >= 0.3 is 5.97 Å². The zero-order valence-electron chi connectivity index (χ0n) is 16.9. The minimum Gasteiger partial charge on any atom is -0.493 e. The first-order valence-corrected chi connectivity index (χ1v) is 10.4. The lowest BCUT2D eigenvalue weighted by Gasteiger charge is -2.13. The summed E-state index contributed by atoms with van der Waals surface area (Å²) in [6.07, 6.45) is 0. The fourth-order valence-corrected chi connectivity index (χ4v) is 4.11. The summed E-state index contributed by atoms with van der Waals surface area (Å²) in [5, 5.41) is 7.18. The fourth-order valence-electron chi connectivity index (χ4n) is 2.77. The molecule has 0 fully saturated rings. The summed E-state index contributed by atoms with van der Waals surface area (Å²) in [6, 6.07) is 17.0. The van der Waals surface area contributed by atoms with Crippen molar-refractivity contribution in [1.29, 1.82) is 0 Å². The van der Waals surface area contributed by atoms with E-state index < -0.39 is 5.97 Å². The molecular formula is C22H22N2O4S2. The smallest absolute Gasteiger partial charge is 0.341 e. The third-order valence-corrected chi connectivity index (χ3v) is 5.46. The topological polar surface area (TPSA) is 68.8 Å². The normalized spacial score (nSPS) is 10.2. The molecule has 156 valence electrons. The Bertz CT molecular complexity index is 1030. The van der Waals surface area contributed by atoms with Crippen LogP contribution in [0, 0.1) is 0 Å². The SMILES string of the molecule is CCOC(=O)c1cc(-c2ccccc2)sc1NC(=S)Nc1ccc(OC)c(OC)c1. The van der Waals surface area contributed by atoms with E-state index in [2.05, 4.69) is 10.6 Å². The Morgan fingerprint density at radius 2 is 1.73 bits per heavy atom. The van der Waals surface area contributed by atoms with E-state index in [9.17, 15) is 4.79 Å². The molecule has 0 unspecified atom stereocenters. The number of hydrogen-bond acceptors (Lipinski definition) is 6. The van der Waals surface area contributed by atoms with E-state index in [1.165, 1.54) is 11.3 Å². The summed E-state index contributed by atoms with van der Waals surface area (Å²) >= 11 is 6.89. The zero-order valence-corrected chi connectivity index (χ0v) is 18.5. The Labute approximate surface area is 184 Å². The highest BCUT2D eigenvalue weighted by atomic mass is 32.1. The number of carbonyl (C=O) groups is 1. The first-order chi connectivity index (χ1) is 14.5. The zero-order chi connectivity index (χ0) is 21.5. The number of nitrogens with one attached hydrogen (secondary N) is 2. The average molecular weight is 443 g/mol. The van der Waals surface area contributed by atoms with Crippen molar-refractivity contribution >= 4 is 45.3 Å². The van der Waals surface area contributed by atoms with Gasteiger partial charge in [-0.15, -0.1) is 11.3 Å². The highest BCUT2D eigenvalue weighted by Crippen LogP contribution is 2.36. The van der Waals surface area contributed by atoms with Gasteiger partial charge in [0.25, 0.3) is 0 Å². The van der Waals surface area contributed by atoms with Gasteiger partial charge in [-0.05, 0) is 42.9 Å². The van der Waals surface area contributed by atoms with Crippen LogP contribution in [-0.4, -0.2) is 31.9 Å². The highest BCUT2D eigenvalue weighted by Gasteiger charge is 2.19. The van der Waals surface area contributed by atoms with Crippen molar-refractivity contribution in [2.45, 2.75) is 6.92 Å². The molecule has 8 heteroatoms. The third kappa shape index (κ3) is 5.08. The van der Waals surface area contributed by atoms with Crippen LogP contribution in [0.3, 0.4) is 0 Å². The second-order valence-corrected chi connectivity index (χ2v) is 7.55. The number of carbonyl (C=O) groups excluding carboxylic acids is 1. The molecule has 0 aliphatic carbocycles. The highest BCUT2D eigenvalue weighted by molar-refractivity contribution is 7.80. The molecule has 0 amide bonds. The maximum atomic E-state index is 12.5. The number of hydrogen-bond donors (Lipinski definition) is 2. The molecule has 30 heavy (non-hydrogen) atoms. The van der Waals surface area contributed by atoms with E-state index >= 15 is 0 Å². The molecule has 0 saturated heterocycles. The second-order valence-electron chi connectivity index (χ2n) is 6.09. The molecule has 6 nitrogen and oxygen atoms in total. The maximum absolute atomic E-state index is 12.5. The largest absolute Gasteiger partial charge is 0.493 e. The summed E-state index contributed by atoms with van der Waals surface area (Å²) < 4.78 is 15.8. The van der Waals surface area contributed by atoms with Gasteiger partial charge in [-0.2, -0.15) is 0 Å². The summed E-state index contributed by atoms with van der Waals surface area (Å²) in [4.78, 5) is 13.4. The molecular weight excluding hydrogens is 420 g/mol. The Morgan fingerprint density at radius 3 is 2.40 bits per heavy atom. The van der Waals surface area contributed by atoms with Crippen LogP contribution in [0.1, 0.15) is 17.3 Å². The van der Waals surface area contributed by atoms with E-state index in [1.807, 2.05) is 42.5 Å². The maximum Gasteiger partial charge on any atom is 0.341 e. The van der Waals surface area contributed by atoms with Crippen LogP contribution in [0.2, 0.25) is 0 Å². The lowest BCUT2D eigenvalue weighted by molar-refractivity contribution is 0.0528. The average Bonchev–Trinajstić information content (AvgIpc) is 3.18. The van der Waals surface area contributed by atoms with Gasteiger partial charge in [0, 0.05) is 16.6 Å². The van der Waals surface area contributed by atoms with Gasteiger partial charge < -0.3 is 24.8 Å². The Morgan fingerprint density at radius 1 is 1.00 bits per heavy atom. The first-order valence-electron chi connectivity index (χ1n) is 9.22. The van der Waals surface area contributed by atoms with E-state index in [4.69, 9.17) is 26.4 Å². The Hall–Kier alpha value is -3.10. The summed E-state index contributed by atoms with van der Waals surface area (Å²) in [5.41, 5.74) is 2.18. The number of esters is 1.